The van der Waals surface area contributed by atoms with Crippen molar-refractivity contribution in [2.75, 3.05) is 7.11 Å². The zero-order chi connectivity index (χ0) is 22.0. The Morgan fingerprint density at radius 3 is 2.39 bits per heavy atom. The Balaban J connectivity index is 1.66. The normalized spacial score (nSPS) is 10.9. The smallest absolute Gasteiger partial charge is 0.258 e. The van der Waals surface area contributed by atoms with Crippen LogP contribution >= 0.6 is 0 Å². The largest absolute Gasteiger partial charge is 0.497 e. The van der Waals surface area contributed by atoms with Gasteiger partial charge >= 0.3 is 0 Å². The van der Waals surface area contributed by atoms with E-state index < -0.39 is 0 Å². The van der Waals surface area contributed by atoms with Gasteiger partial charge in [0.15, 0.2) is 0 Å². The summed E-state index contributed by atoms with van der Waals surface area (Å²) in [5, 5.41) is 0. The molecule has 8 heteroatoms. The van der Waals surface area contributed by atoms with E-state index in [1.807, 2.05) is 19.1 Å². The Kier molecular flexibility index (Phi) is 5.53. The van der Waals surface area contributed by atoms with Crippen molar-refractivity contribution < 1.29 is 9.47 Å². The van der Waals surface area contributed by atoms with Gasteiger partial charge in [-0.15, -0.1) is 0 Å². The number of hydrogen-bond acceptors (Lipinski definition) is 6. The molecule has 0 N–H and O–H groups in total. The molecular weight excluding hydrogens is 396 g/mol. The van der Waals surface area contributed by atoms with Gasteiger partial charge in [0.1, 0.15) is 29.6 Å². The van der Waals surface area contributed by atoms with Crippen LogP contribution in [0, 0.1) is 13.8 Å². The molecule has 0 atom stereocenters. The third kappa shape index (κ3) is 4.32. The Bertz CT molecular complexity index is 1360. The van der Waals surface area contributed by atoms with Crippen LogP contribution in [0.3, 0.4) is 0 Å². The Morgan fingerprint density at radius 1 is 0.903 bits per heavy atom. The van der Waals surface area contributed by atoms with Gasteiger partial charge in [0.2, 0.25) is 0 Å². The van der Waals surface area contributed by atoms with Gasteiger partial charge in [0.25, 0.3) is 11.1 Å². The number of rotatable bonds is 6. The molecule has 0 unspecified atom stereocenters. The topological polar surface area (TPSA) is 87.7 Å². The number of hydrogen-bond donors (Lipinski definition) is 0. The number of pyridine rings is 1. The lowest BCUT2D eigenvalue weighted by atomic mass is 10.3. The standard InChI is InChI=1S/C23H22N4O4/c1-15-11-22(28)26(21(24-15)14-31-19-9-7-18(30-3)8-10-19)13-17-12-23(29)27-16(2)5-4-6-20(27)25-17/h4-12H,13-14H2,1-3H3. The fourth-order valence-corrected chi connectivity index (χ4v) is 3.39. The fourth-order valence-electron chi connectivity index (χ4n) is 3.39. The number of benzene rings is 1. The molecule has 4 rings (SSSR count). The van der Waals surface area contributed by atoms with Crippen molar-refractivity contribution in [3.05, 3.63) is 98.2 Å². The molecule has 0 bridgehead atoms. The molecule has 0 amide bonds. The van der Waals surface area contributed by atoms with E-state index in [1.165, 1.54) is 21.1 Å². The highest BCUT2D eigenvalue weighted by atomic mass is 16.5. The number of fused-ring (bicyclic) bond motifs is 1. The van der Waals surface area contributed by atoms with Crippen LogP contribution in [0.4, 0.5) is 0 Å². The third-order valence-corrected chi connectivity index (χ3v) is 4.90. The van der Waals surface area contributed by atoms with Crippen molar-refractivity contribution in [3.8, 4) is 11.5 Å². The summed E-state index contributed by atoms with van der Waals surface area (Å²) in [5.41, 5.74) is 1.98. The molecule has 0 radical (unpaired) electrons. The molecule has 3 aromatic heterocycles. The SMILES string of the molecule is COc1ccc(OCc2nc(C)cc(=O)n2Cc2cc(=O)n3c(C)cccc3n2)cc1. The average molecular weight is 418 g/mol. The van der Waals surface area contributed by atoms with E-state index in [9.17, 15) is 9.59 Å². The second-order valence-electron chi connectivity index (χ2n) is 7.15. The van der Waals surface area contributed by atoms with Crippen LogP contribution in [0.2, 0.25) is 0 Å². The summed E-state index contributed by atoms with van der Waals surface area (Å²) in [6, 6.07) is 15.5. The first-order chi connectivity index (χ1) is 14.9. The molecule has 8 nitrogen and oxygen atoms in total. The molecule has 0 saturated heterocycles. The van der Waals surface area contributed by atoms with Crippen LogP contribution in [0.25, 0.3) is 5.65 Å². The molecule has 158 valence electrons. The van der Waals surface area contributed by atoms with Gasteiger partial charge in [-0.2, -0.15) is 0 Å². The second kappa shape index (κ2) is 8.43. The third-order valence-electron chi connectivity index (χ3n) is 4.90. The molecule has 0 fully saturated rings. The molecule has 0 spiro atoms. The molecule has 0 aliphatic heterocycles. The van der Waals surface area contributed by atoms with Gasteiger partial charge in [0, 0.05) is 23.5 Å². The fraction of sp³-hybridized carbons (Fsp3) is 0.217. The van der Waals surface area contributed by atoms with Crippen molar-refractivity contribution in [2.45, 2.75) is 27.0 Å². The van der Waals surface area contributed by atoms with Crippen molar-refractivity contribution >= 4 is 5.65 Å². The molecule has 0 saturated carbocycles. The van der Waals surface area contributed by atoms with E-state index >= 15 is 0 Å². The highest BCUT2D eigenvalue weighted by Gasteiger charge is 2.12. The van der Waals surface area contributed by atoms with Crippen LogP contribution in [0.1, 0.15) is 22.9 Å². The van der Waals surface area contributed by atoms with E-state index in [4.69, 9.17) is 9.47 Å². The van der Waals surface area contributed by atoms with Gasteiger partial charge in [-0.3, -0.25) is 18.6 Å². The zero-order valence-corrected chi connectivity index (χ0v) is 17.5. The number of nitrogens with zero attached hydrogens (tertiary/aromatic N) is 4. The van der Waals surface area contributed by atoms with Gasteiger partial charge in [0.05, 0.1) is 19.3 Å². The highest BCUT2D eigenvalue weighted by molar-refractivity contribution is 5.40. The minimum atomic E-state index is -0.230. The number of aromatic nitrogens is 4. The van der Waals surface area contributed by atoms with Crippen molar-refractivity contribution in [1.29, 1.82) is 0 Å². The van der Waals surface area contributed by atoms with Crippen LogP contribution in [-0.2, 0) is 13.2 Å². The lowest BCUT2D eigenvalue weighted by Gasteiger charge is -2.14. The van der Waals surface area contributed by atoms with Crippen molar-refractivity contribution in [2.24, 2.45) is 0 Å². The Hall–Kier alpha value is -3.94. The van der Waals surface area contributed by atoms with Crippen LogP contribution in [0.5, 0.6) is 11.5 Å². The molecule has 4 aromatic rings. The molecular formula is C23H22N4O4. The van der Waals surface area contributed by atoms with E-state index in [2.05, 4.69) is 9.97 Å². The van der Waals surface area contributed by atoms with Crippen molar-refractivity contribution in [3.63, 3.8) is 0 Å². The minimum Gasteiger partial charge on any atom is -0.497 e. The monoisotopic (exact) mass is 418 g/mol. The summed E-state index contributed by atoms with van der Waals surface area (Å²) < 4.78 is 14.0. The van der Waals surface area contributed by atoms with Crippen molar-refractivity contribution in [1.82, 2.24) is 18.9 Å². The maximum atomic E-state index is 12.7. The predicted molar refractivity (Wildman–Crippen MR) is 116 cm³/mol. The average Bonchev–Trinajstić information content (AvgIpc) is 2.74. The number of methoxy groups -OCH3 is 1. The second-order valence-corrected chi connectivity index (χ2v) is 7.15. The molecule has 31 heavy (non-hydrogen) atoms. The van der Waals surface area contributed by atoms with Gasteiger partial charge < -0.3 is 9.47 Å². The molecule has 1 aromatic carbocycles. The van der Waals surface area contributed by atoms with E-state index in [1.54, 1.807) is 44.4 Å². The highest BCUT2D eigenvalue weighted by Crippen LogP contribution is 2.18. The predicted octanol–water partition coefficient (Wildman–Crippen LogP) is 2.50. The summed E-state index contributed by atoms with van der Waals surface area (Å²) in [5.74, 6) is 1.80. The lowest BCUT2D eigenvalue weighted by Crippen LogP contribution is -2.28. The molecule has 0 aliphatic carbocycles. The maximum Gasteiger partial charge on any atom is 0.258 e. The van der Waals surface area contributed by atoms with Gasteiger partial charge in [-0.05, 0) is 50.2 Å². The lowest BCUT2D eigenvalue weighted by molar-refractivity contribution is 0.286. The molecule has 0 aliphatic rings. The minimum absolute atomic E-state index is 0.0922. The first-order valence-electron chi connectivity index (χ1n) is 9.77. The van der Waals surface area contributed by atoms with E-state index in [-0.39, 0.29) is 24.3 Å². The quantitative estimate of drug-likeness (QED) is 0.478. The maximum absolute atomic E-state index is 12.7. The van der Waals surface area contributed by atoms with E-state index in [0.29, 0.717) is 28.6 Å². The summed E-state index contributed by atoms with van der Waals surface area (Å²) in [4.78, 5) is 34.3. The Morgan fingerprint density at radius 2 is 1.65 bits per heavy atom. The zero-order valence-electron chi connectivity index (χ0n) is 17.5. The summed E-state index contributed by atoms with van der Waals surface area (Å²) in [6.07, 6.45) is 0. The number of ether oxygens (including phenoxy) is 2. The van der Waals surface area contributed by atoms with Gasteiger partial charge in [-0.1, -0.05) is 6.07 Å². The summed E-state index contributed by atoms with van der Waals surface area (Å²) in [6.45, 7) is 3.81. The number of aryl methyl sites for hydroxylation is 2. The first-order valence-corrected chi connectivity index (χ1v) is 9.77. The van der Waals surface area contributed by atoms with Crippen LogP contribution < -0.4 is 20.6 Å². The summed E-state index contributed by atoms with van der Waals surface area (Å²) >= 11 is 0. The van der Waals surface area contributed by atoms with Gasteiger partial charge in [-0.25, -0.2) is 9.97 Å². The molecule has 3 heterocycles. The van der Waals surface area contributed by atoms with Crippen LogP contribution in [0.15, 0.2) is 64.2 Å². The first kappa shape index (κ1) is 20.3. The van der Waals surface area contributed by atoms with E-state index in [0.717, 1.165) is 11.4 Å². The van der Waals surface area contributed by atoms with Crippen LogP contribution in [-0.4, -0.2) is 26.0 Å². The Labute approximate surface area is 178 Å². The summed E-state index contributed by atoms with van der Waals surface area (Å²) in [7, 11) is 1.60.